The molecular weight excluding hydrogens is 288 g/mol. The Morgan fingerprint density at radius 1 is 1.22 bits per heavy atom. The van der Waals surface area contributed by atoms with E-state index in [0.29, 0.717) is 12.2 Å². The number of nitrogens with one attached hydrogen (secondary N) is 1. The van der Waals surface area contributed by atoms with Crippen molar-refractivity contribution in [2.45, 2.75) is 26.2 Å². The summed E-state index contributed by atoms with van der Waals surface area (Å²) in [7, 11) is 3.97. The van der Waals surface area contributed by atoms with Crippen molar-refractivity contribution in [3.63, 3.8) is 0 Å². The molecule has 0 aliphatic carbocycles. The maximum atomic E-state index is 12.0. The second kappa shape index (κ2) is 7.63. The fourth-order valence-corrected chi connectivity index (χ4v) is 2.39. The van der Waals surface area contributed by atoms with Gasteiger partial charge < -0.3 is 16.0 Å². The molecule has 1 amide bonds. The molecule has 1 aromatic heterocycles. The zero-order valence-corrected chi connectivity index (χ0v) is 14.0. The summed E-state index contributed by atoms with van der Waals surface area (Å²) in [6.07, 6.45) is 1.96. The van der Waals surface area contributed by atoms with Crippen LogP contribution in [0.4, 0.5) is 17.2 Å². The monoisotopic (exact) mass is 312 g/mol. The Hall–Kier alpha value is -2.56. The van der Waals surface area contributed by atoms with Crippen molar-refractivity contribution >= 4 is 23.1 Å². The van der Waals surface area contributed by atoms with E-state index in [4.69, 9.17) is 5.73 Å². The van der Waals surface area contributed by atoms with Gasteiger partial charge in [-0.05, 0) is 61.7 Å². The summed E-state index contributed by atoms with van der Waals surface area (Å²) in [6.45, 7) is 1.99. The Morgan fingerprint density at radius 2 is 1.91 bits per heavy atom. The van der Waals surface area contributed by atoms with Crippen LogP contribution in [0.15, 0.2) is 36.4 Å². The van der Waals surface area contributed by atoms with Crippen LogP contribution in [0.5, 0.6) is 0 Å². The Morgan fingerprint density at radius 3 is 2.52 bits per heavy atom. The molecule has 0 spiro atoms. The number of pyridine rings is 1. The number of aromatic nitrogens is 1. The van der Waals surface area contributed by atoms with Crippen molar-refractivity contribution in [2.24, 2.45) is 0 Å². The molecule has 0 fully saturated rings. The molecule has 122 valence electrons. The van der Waals surface area contributed by atoms with Crippen molar-refractivity contribution in [2.75, 3.05) is 30.0 Å². The molecule has 0 aliphatic rings. The van der Waals surface area contributed by atoms with Crippen LogP contribution in [0.1, 0.15) is 24.1 Å². The maximum Gasteiger partial charge on any atom is 0.224 e. The summed E-state index contributed by atoms with van der Waals surface area (Å²) >= 11 is 0. The van der Waals surface area contributed by atoms with Gasteiger partial charge in [0.05, 0.1) is 0 Å². The van der Waals surface area contributed by atoms with Gasteiger partial charge in [-0.15, -0.1) is 0 Å². The molecule has 3 N–H and O–H groups in total. The van der Waals surface area contributed by atoms with Crippen molar-refractivity contribution < 1.29 is 4.79 Å². The van der Waals surface area contributed by atoms with E-state index < -0.39 is 0 Å². The number of amides is 1. The highest BCUT2D eigenvalue weighted by molar-refractivity contribution is 5.90. The molecular formula is C18H24N4O. The van der Waals surface area contributed by atoms with Crippen molar-refractivity contribution in [3.05, 3.63) is 47.7 Å². The summed E-state index contributed by atoms with van der Waals surface area (Å²) < 4.78 is 0. The predicted molar refractivity (Wildman–Crippen MR) is 95.7 cm³/mol. The standard InChI is InChI=1S/C18H24N4O/c1-13-11-15(20-17(19)12-13)5-4-6-18(23)21-14-7-9-16(10-8-14)22(2)3/h7-12H,4-6H2,1-3H3,(H2,19,20)(H,21,23). The largest absolute Gasteiger partial charge is 0.384 e. The minimum Gasteiger partial charge on any atom is -0.384 e. The van der Waals surface area contributed by atoms with E-state index >= 15 is 0 Å². The van der Waals surface area contributed by atoms with Gasteiger partial charge in [0.1, 0.15) is 5.82 Å². The van der Waals surface area contributed by atoms with Gasteiger partial charge in [0.25, 0.3) is 0 Å². The van der Waals surface area contributed by atoms with Crippen LogP contribution in [0, 0.1) is 6.92 Å². The smallest absolute Gasteiger partial charge is 0.224 e. The van der Waals surface area contributed by atoms with Gasteiger partial charge in [-0.2, -0.15) is 0 Å². The number of hydrogen-bond acceptors (Lipinski definition) is 4. The van der Waals surface area contributed by atoms with Crippen molar-refractivity contribution in [3.8, 4) is 0 Å². The summed E-state index contributed by atoms with van der Waals surface area (Å²) in [5, 5.41) is 2.91. The lowest BCUT2D eigenvalue weighted by Gasteiger charge is -2.13. The van der Waals surface area contributed by atoms with Crippen LogP contribution < -0.4 is 16.0 Å². The number of aryl methyl sites for hydroxylation is 2. The van der Waals surface area contributed by atoms with E-state index in [1.165, 1.54) is 0 Å². The van der Waals surface area contributed by atoms with E-state index in [0.717, 1.165) is 35.5 Å². The molecule has 23 heavy (non-hydrogen) atoms. The van der Waals surface area contributed by atoms with Gasteiger partial charge in [-0.25, -0.2) is 4.98 Å². The van der Waals surface area contributed by atoms with Crippen LogP contribution in [-0.4, -0.2) is 25.0 Å². The van der Waals surface area contributed by atoms with E-state index in [2.05, 4.69) is 10.3 Å². The Balaban J connectivity index is 1.80. The van der Waals surface area contributed by atoms with E-state index in [1.54, 1.807) is 0 Å². The predicted octanol–water partition coefficient (Wildman–Crippen LogP) is 3.00. The fraction of sp³-hybridized carbons (Fsp3) is 0.333. The van der Waals surface area contributed by atoms with Gasteiger partial charge in [-0.3, -0.25) is 4.79 Å². The molecule has 0 bridgehead atoms. The fourth-order valence-electron chi connectivity index (χ4n) is 2.39. The number of carbonyl (C=O) groups is 1. The summed E-state index contributed by atoms with van der Waals surface area (Å²) in [5.74, 6) is 0.550. The molecule has 0 radical (unpaired) electrons. The van der Waals surface area contributed by atoms with Gasteiger partial charge in [0.2, 0.25) is 5.91 Å². The summed E-state index contributed by atoms with van der Waals surface area (Å²) in [5.41, 5.74) is 9.68. The normalized spacial score (nSPS) is 10.4. The lowest BCUT2D eigenvalue weighted by Crippen LogP contribution is -2.12. The van der Waals surface area contributed by atoms with Gasteiger partial charge in [0.15, 0.2) is 0 Å². The molecule has 0 saturated carbocycles. The molecule has 0 aliphatic heterocycles. The van der Waals surface area contributed by atoms with Crippen LogP contribution in [0.2, 0.25) is 0 Å². The molecule has 1 aromatic carbocycles. The van der Waals surface area contributed by atoms with Crippen LogP contribution in [0.3, 0.4) is 0 Å². The minimum atomic E-state index is 0.0169. The average Bonchev–Trinajstić information content (AvgIpc) is 2.46. The topological polar surface area (TPSA) is 71.2 Å². The highest BCUT2D eigenvalue weighted by Crippen LogP contribution is 2.16. The Kier molecular flexibility index (Phi) is 5.57. The highest BCUT2D eigenvalue weighted by Gasteiger charge is 2.05. The number of anilines is 3. The molecule has 1 heterocycles. The van der Waals surface area contributed by atoms with Crippen LogP contribution in [0.25, 0.3) is 0 Å². The number of hydrogen-bond donors (Lipinski definition) is 2. The number of rotatable bonds is 6. The van der Waals surface area contributed by atoms with Crippen molar-refractivity contribution in [1.82, 2.24) is 4.98 Å². The molecule has 5 nitrogen and oxygen atoms in total. The second-order valence-electron chi connectivity index (χ2n) is 5.90. The van der Waals surface area contributed by atoms with E-state index in [1.807, 2.05) is 62.3 Å². The molecule has 0 unspecified atom stereocenters. The lowest BCUT2D eigenvalue weighted by molar-refractivity contribution is -0.116. The van der Waals surface area contributed by atoms with E-state index in [-0.39, 0.29) is 5.91 Å². The first-order valence-electron chi connectivity index (χ1n) is 7.74. The Labute approximate surface area is 137 Å². The zero-order valence-electron chi connectivity index (χ0n) is 14.0. The molecule has 0 saturated heterocycles. The third-order valence-electron chi connectivity index (χ3n) is 3.55. The quantitative estimate of drug-likeness (QED) is 0.860. The number of nitrogens with zero attached hydrogens (tertiary/aromatic N) is 2. The summed E-state index contributed by atoms with van der Waals surface area (Å²) in [4.78, 5) is 18.3. The molecule has 0 atom stereocenters. The maximum absolute atomic E-state index is 12.0. The van der Waals surface area contributed by atoms with Gasteiger partial charge in [0, 0.05) is 37.6 Å². The van der Waals surface area contributed by atoms with Gasteiger partial charge in [-0.1, -0.05) is 0 Å². The van der Waals surface area contributed by atoms with E-state index in [9.17, 15) is 4.79 Å². The first-order valence-corrected chi connectivity index (χ1v) is 7.74. The minimum absolute atomic E-state index is 0.0169. The third-order valence-corrected chi connectivity index (χ3v) is 3.55. The summed E-state index contributed by atoms with van der Waals surface area (Å²) in [6, 6.07) is 11.6. The zero-order chi connectivity index (χ0) is 16.8. The molecule has 5 heteroatoms. The highest BCUT2D eigenvalue weighted by atomic mass is 16.1. The Bertz CT molecular complexity index is 645. The lowest BCUT2D eigenvalue weighted by atomic mass is 10.1. The average molecular weight is 312 g/mol. The SMILES string of the molecule is Cc1cc(N)nc(CCCC(=O)Nc2ccc(N(C)C)cc2)c1. The first kappa shape index (κ1) is 16.8. The molecule has 2 aromatic rings. The van der Waals surface area contributed by atoms with Gasteiger partial charge >= 0.3 is 0 Å². The molecule has 2 rings (SSSR count). The number of carbonyl (C=O) groups excluding carboxylic acids is 1. The van der Waals surface area contributed by atoms with Crippen LogP contribution in [-0.2, 0) is 11.2 Å². The number of nitrogens with two attached hydrogens (primary N) is 1. The third kappa shape index (κ3) is 5.29. The second-order valence-corrected chi connectivity index (χ2v) is 5.90. The van der Waals surface area contributed by atoms with Crippen LogP contribution >= 0.6 is 0 Å². The van der Waals surface area contributed by atoms with Crippen molar-refractivity contribution in [1.29, 1.82) is 0 Å². The number of benzene rings is 1. The first-order chi connectivity index (χ1) is 10.9. The number of nitrogen functional groups attached to an aromatic ring is 1.